The molecule has 2 aliphatic rings. The monoisotopic (exact) mass is 495 g/mol. The van der Waals surface area contributed by atoms with Gasteiger partial charge in [-0.15, -0.1) is 0 Å². The molecule has 0 fully saturated rings. The van der Waals surface area contributed by atoms with Gasteiger partial charge >= 0.3 is 12.4 Å². The third-order valence-electron chi connectivity index (χ3n) is 5.26. The van der Waals surface area contributed by atoms with Gasteiger partial charge < -0.3 is 24.6 Å². The van der Waals surface area contributed by atoms with Crippen LogP contribution in [0.5, 0.6) is 11.6 Å². The zero-order valence-corrected chi connectivity index (χ0v) is 17.3. The van der Waals surface area contributed by atoms with Crippen molar-refractivity contribution in [3.8, 4) is 11.6 Å². The number of nitrogens with one attached hydrogen (secondary N) is 1. The van der Waals surface area contributed by atoms with E-state index in [9.17, 15) is 36.2 Å². The highest BCUT2D eigenvalue weighted by Crippen LogP contribution is 2.38. The Balaban J connectivity index is 1.33. The molecule has 0 spiro atoms. The summed E-state index contributed by atoms with van der Waals surface area (Å²) in [5.41, 5.74) is -1.12. The number of aliphatic hydroxyl groups excluding tert-OH is 1. The second-order valence-electron chi connectivity index (χ2n) is 7.83. The van der Waals surface area contributed by atoms with Gasteiger partial charge in [-0.05, 0) is 18.2 Å². The van der Waals surface area contributed by atoms with Crippen molar-refractivity contribution in [1.82, 2.24) is 15.1 Å². The third-order valence-corrected chi connectivity index (χ3v) is 5.26. The molecule has 0 aliphatic carbocycles. The van der Waals surface area contributed by atoms with Gasteiger partial charge in [-0.1, -0.05) is 0 Å². The quantitative estimate of drug-likeness (QED) is 0.473. The van der Waals surface area contributed by atoms with E-state index in [1.54, 1.807) is 0 Å². The molecule has 2 N–H and O–H groups in total. The first-order chi connectivity index (χ1) is 15.9. The Labute approximate surface area is 188 Å². The van der Waals surface area contributed by atoms with Crippen LogP contribution in [0.4, 0.5) is 26.3 Å². The summed E-state index contributed by atoms with van der Waals surface area (Å²) in [6, 6.07) is 3.02. The summed E-state index contributed by atoms with van der Waals surface area (Å²) in [6.07, 6.45) is -10.7. The van der Waals surface area contributed by atoms with Crippen LogP contribution in [-0.2, 0) is 17.5 Å². The molecule has 3 heterocycles. The van der Waals surface area contributed by atoms with Crippen LogP contribution in [0.2, 0.25) is 0 Å². The number of alkyl halides is 6. The zero-order chi connectivity index (χ0) is 24.7. The van der Waals surface area contributed by atoms with Crippen molar-refractivity contribution in [2.45, 2.75) is 43.6 Å². The summed E-state index contributed by atoms with van der Waals surface area (Å²) < 4.78 is 92.1. The molecule has 0 bridgehead atoms. The number of nitrogens with zero attached hydrogens (tertiary/aromatic N) is 2. The Morgan fingerprint density at radius 2 is 2.00 bits per heavy atom. The first kappa shape index (κ1) is 24.1. The van der Waals surface area contributed by atoms with Crippen molar-refractivity contribution in [2.24, 2.45) is 0 Å². The summed E-state index contributed by atoms with van der Waals surface area (Å²) in [5, 5.41) is 17.1. The van der Waals surface area contributed by atoms with Gasteiger partial charge in [-0.25, -0.2) is 4.68 Å². The van der Waals surface area contributed by atoms with Crippen LogP contribution in [0.15, 0.2) is 24.3 Å². The van der Waals surface area contributed by atoms with E-state index in [2.05, 4.69) is 15.2 Å². The maximum atomic E-state index is 13.0. The largest absolute Gasteiger partial charge is 0.491 e. The van der Waals surface area contributed by atoms with Gasteiger partial charge in [0, 0.05) is 18.1 Å². The molecule has 14 heteroatoms. The summed E-state index contributed by atoms with van der Waals surface area (Å²) in [5.74, 6) is -0.393. The van der Waals surface area contributed by atoms with Crippen molar-refractivity contribution in [3.63, 3.8) is 0 Å². The molecular formula is C20H19F6N3O5. The number of ether oxygens (including phenoxy) is 3. The van der Waals surface area contributed by atoms with E-state index >= 15 is 0 Å². The Morgan fingerprint density at radius 1 is 1.24 bits per heavy atom. The second-order valence-corrected chi connectivity index (χ2v) is 7.83. The molecule has 2 aromatic rings. The molecule has 2 aliphatic heterocycles. The summed E-state index contributed by atoms with van der Waals surface area (Å²) >= 11 is 0. The lowest BCUT2D eigenvalue weighted by Crippen LogP contribution is -2.45. The van der Waals surface area contributed by atoms with Gasteiger partial charge in [0.15, 0.2) is 5.69 Å². The van der Waals surface area contributed by atoms with Crippen LogP contribution in [0.3, 0.4) is 0 Å². The predicted octanol–water partition coefficient (Wildman–Crippen LogP) is 2.86. The number of hydrogen-bond acceptors (Lipinski definition) is 6. The number of rotatable bonds is 6. The molecule has 34 heavy (non-hydrogen) atoms. The lowest BCUT2D eigenvalue weighted by Gasteiger charge is -2.31. The number of aromatic nitrogens is 2. The summed E-state index contributed by atoms with van der Waals surface area (Å²) in [7, 11) is 0. The van der Waals surface area contributed by atoms with E-state index in [1.165, 1.54) is 10.7 Å². The number of fused-ring (bicyclic) bond motifs is 2. The molecule has 3 atom stereocenters. The average molecular weight is 495 g/mol. The number of hydrogen-bond donors (Lipinski definition) is 2. The van der Waals surface area contributed by atoms with Crippen molar-refractivity contribution in [3.05, 3.63) is 41.1 Å². The van der Waals surface area contributed by atoms with Crippen molar-refractivity contribution < 1.29 is 50.5 Å². The molecule has 0 saturated carbocycles. The van der Waals surface area contributed by atoms with Crippen molar-refractivity contribution in [2.75, 3.05) is 19.8 Å². The minimum atomic E-state index is -4.61. The Morgan fingerprint density at radius 3 is 2.68 bits per heavy atom. The van der Waals surface area contributed by atoms with E-state index in [-0.39, 0.29) is 49.1 Å². The fraction of sp³-hybridized carbons (Fsp3) is 0.500. The molecule has 0 saturated heterocycles. The van der Waals surface area contributed by atoms with E-state index in [1.807, 2.05) is 0 Å². The Bertz CT molecular complexity index is 1030. The fourth-order valence-corrected chi connectivity index (χ4v) is 3.63. The average Bonchev–Trinajstić information content (AvgIpc) is 3.30. The maximum absolute atomic E-state index is 13.0. The number of carbonyl (C=O) groups is 1. The lowest BCUT2D eigenvalue weighted by atomic mass is 9.97. The topological polar surface area (TPSA) is 94.8 Å². The Hall–Kier alpha value is -3.00. The van der Waals surface area contributed by atoms with E-state index in [0.29, 0.717) is 0 Å². The van der Waals surface area contributed by atoms with Gasteiger partial charge in [0.1, 0.15) is 31.2 Å². The molecule has 8 nitrogen and oxygen atoms in total. The molecule has 186 valence electrons. The Kier molecular flexibility index (Phi) is 6.38. The van der Waals surface area contributed by atoms with Crippen molar-refractivity contribution >= 4 is 5.91 Å². The number of benzene rings is 1. The van der Waals surface area contributed by atoms with E-state index in [4.69, 9.17) is 9.47 Å². The standard InChI is InChI=1S/C20H19F6N3O5/c21-19(22,23)9-32-4-3-11-7-29-16(34-11)6-13(28-29)18(31)27-14-8-33-15-2-1-10(20(24,25)26)5-12(15)17(14)30/h1-2,5-6,11,14,17,30H,3-4,7-9H2,(H,27,31)/t11?,14-,17?/m0/s1. The smallest absolute Gasteiger partial charge is 0.416 e. The highest BCUT2D eigenvalue weighted by Gasteiger charge is 2.36. The number of aliphatic hydroxyl groups is 1. The second kappa shape index (κ2) is 8.98. The molecule has 4 rings (SSSR count). The maximum Gasteiger partial charge on any atom is 0.416 e. The number of carbonyl (C=O) groups excluding carboxylic acids is 1. The van der Waals surface area contributed by atoms with E-state index < -0.39 is 48.7 Å². The molecular weight excluding hydrogens is 476 g/mol. The first-order valence-corrected chi connectivity index (χ1v) is 10.1. The van der Waals surface area contributed by atoms with Gasteiger partial charge in [-0.3, -0.25) is 4.79 Å². The lowest BCUT2D eigenvalue weighted by molar-refractivity contribution is -0.174. The van der Waals surface area contributed by atoms with Crippen molar-refractivity contribution in [1.29, 1.82) is 0 Å². The highest BCUT2D eigenvalue weighted by atomic mass is 19.4. The van der Waals surface area contributed by atoms with Gasteiger partial charge in [0.05, 0.1) is 24.8 Å². The summed E-state index contributed by atoms with van der Waals surface area (Å²) in [4.78, 5) is 12.6. The van der Waals surface area contributed by atoms with Crippen LogP contribution < -0.4 is 14.8 Å². The minimum Gasteiger partial charge on any atom is -0.491 e. The SMILES string of the molecule is O=C(N[C@H]1COc2ccc(C(F)(F)F)cc2C1O)c1cc2n(n1)CC(CCOCC(F)(F)F)O2. The highest BCUT2D eigenvalue weighted by molar-refractivity contribution is 5.92. The molecule has 2 unspecified atom stereocenters. The minimum absolute atomic E-state index is 0.0659. The fourth-order valence-electron chi connectivity index (χ4n) is 3.63. The predicted molar refractivity (Wildman–Crippen MR) is 101 cm³/mol. The van der Waals surface area contributed by atoms with E-state index in [0.717, 1.165) is 18.2 Å². The third kappa shape index (κ3) is 5.38. The van der Waals surface area contributed by atoms with Gasteiger partial charge in [0.2, 0.25) is 5.88 Å². The number of amides is 1. The van der Waals surface area contributed by atoms with Crippen LogP contribution >= 0.6 is 0 Å². The van der Waals surface area contributed by atoms with Gasteiger partial charge in [0.25, 0.3) is 5.91 Å². The summed E-state index contributed by atoms with van der Waals surface area (Å²) in [6.45, 7) is -1.50. The van der Waals surface area contributed by atoms with Gasteiger partial charge in [-0.2, -0.15) is 31.4 Å². The van der Waals surface area contributed by atoms with Crippen LogP contribution in [0.1, 0.15) is 34.1 Å². The molecule has 0 radical (unpaired) electrons. The normalized spacial score (nSPS) is 21.9. The van der Waals surface area contributed by atoms with Crippen LogP contribution in [0.25, 0.3) is 0 Å². The molecule has 1 aromatic heterocycles. The first-order valence-electron chi connectivity index (χ1n) is 10.1. The molecule has 1 amide bonds. The van der Waals surface area contributed by atoms with Crippen LogP contribution in [0, 0.1) is 0 Å². The molecule has 1 aromatic carbocycles. The number of halogens is 6. The van der Waals surface area contributed by atoms with Crippen LogP contribution in [-0.4, -0.2) is 58.9 Å². The zero-order valence-electron chi connectivity index (χ0n) is 17.3.